The first-order valence-electron chi connectivity index (χ1n) is 10.1. The molecule has 1 saturated carbocycles. The lowest BCUT2D eigenvalue weighted by Gasteiger charge is -2.46. The van der Waals surface area contributed by atoms with Gasteiger partial charge in [0.25, 0.3) is 0 Å². The van der Waals surface area contributed by atoms with E-state index in [1.54, 1.807) is 0 Å². The van der Waals surface area contributed by atoms with Crippen LogP contribution in [0.2, 0.25) is 0 Å². The van der Waals surface area contributed by atoms with Gasteiger partial charge in [0.15, 0.2) is 0 Å². The Hall–Kier alpha value is -1.39. The third kappa shape index (κ3) is 4.83. The third-order valence-electron chi connectivity index (χ3n) is 5.99. The van der Waals surface area contributed by atoms with Gasteiger partial charge in [-0.15, -0.1) is 0 Å². The summed E-state index contributed by atoms with van der Waals surface area (Å²) in [6.45, 7) is 4.62. The van der Waals surface area contributed by atoms with Gasteiger partial charge in [0, 0.05) is 38.1 Å². The lowest BCUT2D eigenvalue weighted by molar-refractivity contribution is -0.121. The van der Waals surface area contributed by atoms with Gasteiger partial charge in [-0.05, 0) is 56.0 Å². The quantitative estimate of drug-likeness (QED) is 0.801. The van der Waals surface area contributed by atoms with Crippen LogP contribution in [0.15, 0.2) is 30.3 Å². The number of rotatable bonds is 7. The zero-order chi connectivity index (χ0) is 17.1. The minimum atomic E-state index is 0.255. The molecule has 1 aromatic rings. The normalized spacial score (nSPS) is 29.4. The van der Waals surface area contributed by atoms with Crippen LogP contribution in [0.1, 0.15) is 44.1 Å². The molecule has 0 radical (unpaired) electrons. The molecule has 1 aromatic carbocycles. The Labute approximate surface area is 151 Å². The maximum Gasteiger partial charge on any atom is 0.220 e. The fourth-order valence-corrected chi connectivity index (χ4v) is 4.59. The molecule has 2 bridgehead atoms. The van der Waals surface area contributed by atoms with Crippen LogP contribution in [0, 0.1) is 11.8 Å². The first kappa shape index (κ1) is 17.0. The number of benzene rings is 1. The molecule has 25 heavy (non-hydrogen) atoms. The molecule has 1 aliphatic carbocycles. The Bertz CT molecular complexity index is 572. The maximum atomic E-state index is 11.9. The molecule has 3 atom stereocenters. The SMILES string of the molecule is O=C(CCC[C@H]1NC[C@@H]2C[C@H]1CN(Cc1ccccc1)C2)NC1CC1. The summed E-state index contributed by atoms with van der Waals surface area (Å²) in [5.74, 6) is 1.78. The molecule has 3 fully saturated rings. The molecule has 3 aliphatic rings. The monoisotopic (exact) mass is 341 g/mol. The minimum absolute atomic E-state index is 0.255. The molecule has 0 spiro atoms. The number of fused-ring (bicyclic) bond motifs is 2. The smallest absolute Gasteiger partial charge is 0.220 e. The largest absolute Gasteiger partial charge is 0.353 e. The molecule has 2 N–H and O–H groups in total. The van der Waals surface area contributed by atoms with Crippen molar-refractivity contribution in [1.82, 2.24) is 15.5 Å². The van der Waals surface area contributed by atoms with Crippen LogP contribution in [0.3, 0.4) is 0 Å². The fraction of sp³-hybridized carbons (Fsp3) is 0.667. The number of likely N-dealkylation sites (tertiary alicyclic amines) is 1. The van der Waals surface area contributed by atoms with Crippen molar-refractivity contribution >= 4 is 5.91 Å². The lowest BCUT2D eigenvalue weighted by Crippen LogP contribution is -2.55. The van der Waals surface area contributed by atoms with E-state index in [9.17, 15) is 4.79 Å². The van der Waals surface area contributed by atoms with Gasteiger partial charge in [-0.2, -0.15) is 0 Å². The van der Waals surface area contributed by atoms with Gasteiger partial charge in [-0.1, -0.05) is 30.3 Å². The Morgan fingerprint density at radius 3 is 2.84 bits per heavy atom. The zero-order valence-corrected chi connectivity index (χ0v) is 15.1. The molecule has 1 amide bonds. The zero-order valence-electron chi connectivity index (χ0n) is 15.1. The van der Waals surface area contributed by atoms with Crippen LogP contribution in [-0.2, 0) is 11.3 Å². The van der Waals surface area contributed by atoms with Crippen molar-refractivity contribution in [3.8, 4) is 0 Å². The van der Waals surface area contributed by atoms with E-state index in [1.807, 2.05) is 0 Å². The lowest BCUT2D eigenvalue weighted by atomic mass is 9.79. The molecule has 0 unspecified atom stereocenters. The second-order valence-electron chi connectivity index (χ2n) is 8.29. The molecule has 4 rings (SSSR count). The highest BCUT2D eigenvalue weighted by Gasteiger charge is 2.36. The average Bonchev–Trinajstić information content (AvgIpc) is 3.42. The third-order valence-corrected chi connectivity index (χ3v) is 5.99. The van der Waals surface area contributed by atoms with E-state index in [0.717, 1.165) is 37.8 Å². The highest BCUT2D eigenvalue weighted by molar-refractivity contribution is 5.76. The minimum Gasteiger partial charge on any atom is -0.353 e. The van der Waals surface area contributed by atoms with E-state index in [2.05, 4.69) is 45.9 Å². The molecular weight excluding hydrogens is 310 g/mol. The Balaban J connectivity index is 1.24. The summed E-state index contributed by atoms with van der Waals surface area (Å²) in [4.78, 5) is 14.5. The number of hydrogen-bond acceptors (Lipinski definition) is 3. The van der Waals surface area contributed by atoms with Gasteiger partial charge in [-0.25, -0.2) is 0 Å². The Kier molecular flexibility index (Phi) is 5.37. The van der Waals surface area contributed by atoms with E-state index in [4.69, 9.17) is 0 Å². The molecule has 136 valence electrons. The number of hydrogen-bond donors (Lipinski definition) is 2. The summed E-state index contributed by atoms with van der Waals surface area (Å²) < 4.78 is 0. The number of nitrogens with one attached hydrogen (secondary N) is 2. The van der Waals surface area contributed by atoms with Crippen molar-refractivity contribution in [3.63, 3.8) is 0 Å². The summed E-state index contributed by atoms with van der Waals surface area (Å²) in [5.41, 5.74) is 1.42. The first-order chi connectivity index (χ1) is 12.3. The van der Waals surface area contributed by atoms with Gasteiger partial charge >= 0.3 is 0 Å². The number of carbonyl (C=O) groups is 1. The first-order valence-corrected chi connectivity index (χ1v) is 10.1. The van der Waals surface area contributed by atoms with Gasteiger partial charge in [0.05, 0.1) is 0 Å². The molecule has 0 aromatic heterocycles. The Morgan fingerprint density at radius 1 is 1.20 bits per heavy atom. The molecule has 2 heterocycles. The van der Waals surface area contributed by atoms with Crippen LogP contribution in [0.5, 0.6) is 0 Å². The van der Waals surface area contributed by atoms with E-state index < -0.39 is 0 Å². The van der Waals surface area contributed by atoms with Crippen LogP contribution >= 0.6 is 0 Å². The summed E-state index contributed by atoms with van der Waals surface area (Å²) in [6.07, 6.45) is 6.55. The van der Waals surface area contributed by atoms with E-state index in [1.165, 1.54) is 37.9 Å². The summed E-state index contributed by atoms with van der Waals surface area (Å²) in [7, 11) is 0. The van der Waals surface area contributed by atoms with Crippen molar-refractivity contribution in [3.05, 3.63) is 35.9 Å². The highest BCUT2D eigenvalue weighted by atomic mass is 16.1. The van der Waals surface area contributed by atoms with Gasteiger partial charge in [0.2, 0.25) is 5.91 Å². The van der Waals surface area contributed by atoms with Crippen LogP contribution in [-0.4, -0.2) is 42.5 Å². The molecule has 4 nitrogen and oxygen atoms in total. The molecule has 2 saturated heterocycles. The van der Waals surface area contributed by atoms with Gasteiger partial charge in [-0.3, -0.25) is 9.69 Å². The number of piperidine rings is 2. The van der Waals surface area contributed by atoms with Crippen LogP contribution in [0.25, 0.3) is 0 Å². The molecular formula is C21H31N3O. The van der Waals surface area contributed by atoms with Crippen molar-refractivity contribution in [2.75, 3.05) is 19.6 Å². The Morgan fingerprint density at radius 2 is 2.04 bits per heavy atom. The predicted molar refractivity (Wildman–Crippen MR) is 100 cm³/mol. The van der Waals surface area contributed by atoms with E-state index >= 15 is 0 Å². The van der Waals surface area contributed by atoms with Crippen LogP contribution < -0.4 is 10.6 Å². The second-order valence-corrected chi connectivity index (χ2v) is 8.29. The van der Waals surface area contributed by atoms with E-state index in [0.29, 0.717) is 18.5 Å². The average molecular weight is 341 g/mol. The molecule has 4 heteroatoms. The van der Waals surface area contributed by atoms with Crippen molar-refractivity contribution < 1.29 is 4.79 Å². The number of carbonyl (C=O) groups excluding carboxylic acids is 1. The summed E-state index contributed by atoms with van der Waals surface area (Å²) in [6, 6.07) is 11.9. The van der Waals surface area contributed by atoms with Crippen molar-refractivity contribution in [2.24, 2.45) is 11.8 Å². The number of nitrogens with zero attached hydrogens (tertiary/aromatic N) is 1. The van der Waals surface area contributed by atoms with Crippen molar-refractivity contribution in [2.45, 2.75) is 57.2 Å². The van der Waals surface area contributed by atoms with Gasteiger partial charge < -0.3 is 10.6 Å². The fourth-order valence-electron chi connectivity index (χ4n) is 4.59. The predicted octanol–water partition coefficient (Wildman–Crippen LogP) is 2.55. The van der Waals surface area contributed by atoms with E-state index in [-0.39, 0.29) is 5.91 Å². The molecule has 2 aliphatic heterocycles. The van der Waals surface area contributed by atoms with Crippen LogP contribution in [0.4, 0.5) is 0 Å². The summed E-state index contributed by atoms with van der Waals surface area (Å²) in [5, 5.41) is 6.88. The standard InChI is InChI=1S/C21H31N3O/c25-21(23-19-9-10-19)8-4-7-20-18-11-17(12-22-20)14-24(15-18)13-16-5-2-1-3-6-16/h1-3,5-6,17-20,22H,4,7-15H2,(H,23,25)/t17-,18-,20+/m0/s1. The van der Waals surface area contributed by atoms with Gasteiger partial charge in [0.1, 0.15) is 0 Å². The second kappa shape index (κ2) is 7.88. The van der Waals surface area contributed by atoms with Crippen molar-refractivity contribution in [1.29, 1.82) is 0 Å². The highest BCUT2D eigenvalue weighted by Crippen LogP contribution is 2.31. The number of amides is 1. The maximum absolute atomic E-state index is 11.9. The topological polar surface area (TPSA) is 44.4 Å². The summed E-state index contributed by atoms with van der Waals surface area (Å²) >= 11 is 0.